The lowest BCUT2D eigenvalue weighted by molar-refractivity contribution is 0.0945. The lowest BCUT2D eigenvalue weighted by Gasteiger charge is -2.09. The number of anilines is 2. The maximum absolute atomic E-state index is 12.3. The Balaban J connectivity index is 1.67. The Hall–Kier alpha value is -3.42. The van der Waals surface area contributed by atoms with Gasteiger partial charge >= 0.3 is 0 Å². The number of nitrogens with one attached hydrogen (secondary N) is 2. The van der Waals surface area contributed by atoms with Gasteiger partial charge in [0.2, 0.25) is 5.95 Å². The maximum Gasteiger partial charge on any atom is 0.270 e. The molecule has 0 aliphatic carbocycles. The van der Waals surface area contributed by atoms with Crippen LogP contribution >= 0.6 is 0 Å². The highest BCUT2D eigenvalue weighted by molar-refractivity contribution is 5.92. The summed E-state index contributed by atoms with van der Waals surface area (Å²) in [6, 6.07) is 10.7. The highest BCUT2D eigenvalue weighted by Crippen LogP contribution is 2.17. The van der Waals surface area contributed by atoms with Gasteiger partial charge in [0.1, 0.15) is 17.2 Å². The number of aromatic nitrogens is 3. The second-order valence-electron chi connectivity index (χ2n) is 5.21. The van der Waals surface area contributed by atoms with Crippen LogP contribution in [0.3, 0.4) is 0 Å². The standard InChI is InChI=1S/C17H17N5O3/c1-11-9-15(22-25-11)21-17-18-8-7-13(20-17)16(23)19-10-12-5-3-4-6-14(12)24-2/h3-9H,10H2,1-2H3,(H,19,23)(H,18,20,21,22). The first-order chi connectivity index (χ1) is 12.2. The third kappa shape index (κ3) is 4.11. The smallest absolute Gasteiger partial charge is 0.270 e. The molecule has 0 saturated carbocycles. The molecule has 0 spiro atoms. The van der Waals surface area contributed by atoms with Crippen LogP contribution in [-0.4, -0.2) is 28.1 Å². The van der Waals surface area contributed by atoms with E-state index in [0.29, 0.717) is 23.9 Å². The molecule has 0 atom stereocenters. The molecule has 8 heteroatoms. The highest BCUT2D eigenvalue weighted by atomic mass is 16.5. The second kappa shape index (κ2) is 7.43. The summed E-state index contributed by atoms with van der Waals surface area (Å²) in [6.07, 6.45) is 1.50. The minimum absolute atomic E-state index is 0.243. The summed E-state index contributed by atoms with van der Waals surface area (Å²) in [5, 5.41) is 9.50. The average Bonchev–Trinajstić information content (AvgIpc) is 3.04. The summed E-state index contributed by atoms with van der Waals surface area (Å²) in [5.74, 6) is 1.80. The zero-order valence-electron chi connectivity index (χ0n) is 13.8. The molecule has 1 aromatic carbocycles. The third-order valence-corrected chi connectivity index (χ3v) is 3.39. The van der Waals surface area contributed by atoms with Crippen molar-refractivity contribution in [3.8, 4) is 5.75 Å². The van der Waals surface area contributed by atoms with Crippen LogP contribution in [-0.2, 0) is 6.54 Å². The van der Waals surface area contributed by atoms with E-state index in [0.717, 1.165) is 5.56 Å². The summed E-state index contributed by atoms with van der Waals surface area (Å²) in [4.78, 5) is 20.6. The Bertz CT molecular complexity index is 878. The summed E-state index contributed by atoms with van der Waals surface area (Å²) < 4.78 is 10.2. The van der Waals surface area contributed by atoms with E-state index in [9.17, 15) is 4.79 Å². The summed E-state index contributed by atoms with van der Waals surface area (Å²) in [7, 11) is 1.59. The number of hydrogen-bond donors (Lipinski definition) is 2. The molecule has 0 aliphatic rings. The minimum Gasteiger partial charge on any atom is -0.496 e. The Morgan fingerprint density at radius 1 is 1.28 bits per heavy atom. The average molecular weight is 339 g/mol. The van der Waals surface area contributed by atoms with Crippen molar-refractivity contribution in [2.45, 2.75) is 13.5 Å². The first kappa shape index (κ1) is 16.4. The van der Waals surface area contributed by atoms with Crippen molar-refractivity contribution in [3.05, 3.63) is 59.6 Å². The Morgan fingerprint density at radius 3 is 2.88 bits per heavy atom. The molecule has 2 aromatic heterocycles. The number of nitrogens with zero attached hydrogens (tertiary/aromatic N) is 3. The predicted molar refractivity (Wildman–Crippen MR) is 90.7 cm³/mol. The monoisotopic (exact) mass is 339 g/mol. The van der Waals surface area contributed by atoms with Crippen molar-refractivity contribution in [3.63, 3.8) is 0 Å². The van der Waals surface area contributed by atoms with Gasteiger partial charge in [-0.05, 0) is 19.1 Å². The van der Waals surface area contributed by atoms with E-state index in [1.807, 2.05) is 24.3 Å². The first-order valence-electron chi connectivity index (χ1n) is 7.59. The molecule has 25 heavy (non-hydrogen) atoms. The Morgan fingerprint density at radius 2 is 2.12 bits per heavy atom. The van der Waals surface area contributed by atoms with Crippen LogP contribution in [0.5, 0.6) is 5.75 Å². The zero-order chi connectivity index (χ0) is 17.6. The molecule has 2 heterocycles. The van der Waals surface area contributed by atoms with Crippen LogP contribution in [0.4, 0.5) is 11.8 Å². The number of carbonyl (C=O) groups excluding carboxylic acids is 1. The number of benzene rings is 1. The molecule has 8 nitrogen and oxygen atoms in total. The predicted octanol–water partition coefficient (Wildman–Crippen LogP) is 2.46. The van der Waals surface area contributed by atoms with Crippen molar-refractivity contribution < 1.29 is 14.1 Å². The van der Waals surface area contributed by atoms with Crippen LogP contribution in [0.15, 0.2) is 47.1 Å². The van der Waals surface area contributed by atoms with E-state index in [1.54, 1.807) is 20.1 Å². The van der Waals surface area contributed by atoms with Gasteiger partial charge in [0.15, 0.2) is 5.82 Å². The van der Waals surface area contributed by atoms with Crippen molar-refractivity contribution >= 4 is 17.7 Å². The molecule has 0 fully saturated rings. The van der Waals surface area contributed by atoms with Crippen LogP contribution in [0.25, 0.3) is 0 Å². The number of carbonyl (C=O) groups is 1. The lowest BCUT2D eigenvalue weighted by atomic mass is 10.2. The molecule has 0 saturated heterocycles. The fourth-order valence-electron chi connectivity index (χ4n) is 2.20. The molecule has 0 bridgehead atoms. The Kier molecular flexibility index (Phi) is 4.89. The normalized spacial score (nSPS) is 10.3. The topological polar surface area (TPSA) is 102 Å². The molecular formula is C17H17N5O3. The maximum atomic E-state index is 12.3. The molecular weight excluding hydrogens is 322 g/mol. The van der Waals surface area contributed by atoms with Gasteiger partial charge in [-0.15, -0.1) is 0 Å². The summed E-state index contributed by atoms with van der Waals surface area (Å²) >= 11 is 0. The van der Waals surface area contributed by atoms with Crippen LogP contribution in [0.2, 0.25) is 0 Å². The van der Waals surface area contributed by atoms with Gasteiger partial charge in [0.05, 0.1) is 7.11 Å². The largest absolute Gasteiger partial charge is 0.496 e. The van der Waals surface area contributed by atoms with Gasteiger partial charge in [0.25, 0.3) is 5.91 Å². The fraction of sp³-hybridized carbons (Fsp3) is 0.176. The van der Waals surface area contributed by atoms with E-state index >= 15 is 0 Å². The van der Waals surface area contributed by atoms with Gasteiger partial charge in [-0.3, -0.25) is 4.79 Å². The molecule has 1 amide bonds. The van der Waals surface area contributed by atoms with E-state index < -0.39 is 0 Å². The molecule has 3 aromatic rings. The van der Waals surface area contributed by atoms with Crippen molar-refractivity contribution in [1.29, 1.82) is 0 Å². The van der Waals surface area contributed by atoms with Crippen molar-refractivity contribution in [1.82, 2.24) is 20.4 Å². The van der Waals surface area contributed by atoms with E-state index in [2.05, 4.69) is 25.8 Å². The molecule has 3 rings (SSSR count). The SMILES string of the molecule is COc1ccccc1CNC(=O)c1ccnc(Nc2cc(C)on2)n1. The number of methoxy groups -OCH3 is 1. The van der Waals surface area contributed by atoms with E-state index in [-0.39, 0.29) is 17.5 Å². The summed E-state index contributed by atoms with van der Waals surface area (Å²) in [6.45, 7) is 2.11. The van der Waals surface area contributed by atoms with Crippen LogP contribution < -0.4 is 15.4 Å². The zero-order valence-corrected chi connectivity index (χ0v) is 13.8. The molecule has 128 valence electrons. The van der Waals surface area contributed by atoms with Crippen LogP contribution in [0.1, 0.15) is 21.8 Å². The third-order valence-electron chi connectivity index (χ3n) is 3.39. The van der Waals surface area contributed by atoms with Crippen molar-refractivity contribution in [2.24, 2.45) is 0 Å². The summed E-state index contributed by atoms with van der Waals surface area (Å²) in [5.41, 5.74) is 1.12. The lowest BCUT2D eigenvalue weighted by Crippen LogP contribution is -2.24. The fourth-order valence-corrected chi connectivity index (χ4v) is 2.20. The number of hydrogen-bond acceptors (Lipinski definition) is 7. The van der Waals surface area contributed by atoms with E-state index in [1.165, 1.54) is 12.3 Å². The van der Waals surface area contributed by atoms with Gasteiger partial charge in [-0.2, -0.15) is 0 Å². The van der Waals surface area contributed by atoms with Crippen LogP contribution in [0, 0.1) is 6.92 Å². The number of ether oxygens (including phenoxy) is 1. The quantitative estimate of drug-likeness (QED) is 0.711. The van der Waals surface area contributed by atoms with Gasteiger partial charge < -0.3 is 19.9 Å². The second-order valence-corrected chi connectivity index (χ2v) is 5.21. The van der Waals surface area contributed by atoms with E-state index in [4.69, 9.17) is 9.26 Å². The molecule has 0 radical (unpaired) electrons. The first-order valence-corrected chi connectivity index (χ1v) is 7.59. The minimum atomic E-state index is -0.312. The Labute approximate surface area is 144 Å². The van der Waals surface area contributed by atoms with Crippen molar-refractivity contribution in [2.75, 3.05) is 12.4 Å². The number of aryl methyl sites for hydroxylation is 1. The van der Waals surface area contributed by atoms with Gasteiger partial charge in [-0.1, -0.05) is 23.4 Å². The van der Waals surface area contributed by atoms with Gasteiger partial charge in [-0.25, -0.2) is 9.97 Å². The van der Waals surface area contributed by atoms with Gasteiger partial charge in [0, 0.05) is 24.4 Å². The molecule has 2 N–H and O–H groups in total. The number of rotatable bonds is 6. The molecule has 0 unspecified atom stereocenters. The molecule has 0 aliphatic heterocycles. The number of para-hydroxylation sites is 1. The number of amides is 1. The highest BCUT2D eigenvalue weighted by Gasteiger charge is 2.11.